The van der Waals surface area contributed by atoms with E-state index in [0.717, 1.165) is 84.9 Å². The number of esters is 4. The van der Waals surface area contributed by atoms with Crippen molar-refractivity contribution in [2.75, 3.05) is 0 Å². The van der Waals surface area contributed by atoms with Crippen LogP contribution in [0.5, 0.6) is 11.5 Å². The van der Waals surface area contributed by atoms with Crippen LogP contribution in [-0.4, -0.2) is 55.9 Å². The van der Waals surface area contributed by atoms with Crippen molar-refractivity contribution in [3.8, 4) is 11.5 Å². The lowest BCUT2D eigenvalue weighted by Gasteiger charge is -2.11. The summed E-state index contributed by atoms with van der Waals surface area (Å²) in [6, 6.07) is 13.9. The molecule has 0 bridgehead atoms. The highest BCUT2D eigenvalue weighted by atomic mass is 16.6. The number of nitro groups is 2. The van der Waals surface area contributed by atoms with E-state index in [-0.39, 0.29) is 34.0 Å². The summed E-state index contributed by atoms with van der Waals surface area (Å²) in [6.45, 7) is 0. The average molecular weight is 644 g/mol. The molecule has 47 heavy (non-hydrogen) atoms. The number of hydrogen-bond donors (Lipinski definition) is 2. The number of hydrogen-bond acceptors (Lipinski definition) is 13. The first-order chi connectivity index (χ1) is 22.2. The normalized spacial score (nSPS) is 10.3. The number of carbonyl (C=O) groups excluding carboxylic acids is 4. The fraction of sp³-hybridized carbons (Fsp3) is 0. The van der Waals surface area contributed by atoms with Gasteiger partial charge in [-0.05, 0) is 60.7 Å². The predicted molar refractivity (Wildman–Crippen MR) is 153 cm³/mol. The number of benzene rings is 4. The average Bonchev–Trinajstić information content (AvgIpc) is 3.04. The number of carboxylic acid groups (broad SMARTS) is 2. The molecule has 0 heterocycles. The van der Waals surface area contributed by atoms with E-state index in [1.54, 1.807) is 0 Å². The van der Waals surface area contributed by atoms with E-state index in [0.29, 0.717) is 0 Å². The molecule has 17 heteroatoms. The Morgan fingerprint density at radius 2 is 0.830 bits per heavy atom. The summed E-state index contributed by atoms with van der Waals surface area (Å²) in [5.41, 5.74) is -3.67. The van der Waals surface area contributed by atoms with E-state index in [1.165, 1.54) is 0 Å². The molecule has 0 atom stereocenters. The van der Waals surface area contributed by atoms with Crippen molar-refractivity contribution in [2.24, 2.45) is 0 Å². The fourth-order valence-electron chi connectivity index (χ4n) is 3.85. The largest absolute Gasteiger partial charge is 0.478 e. The molecule has 0 spiro atoms. The minimum absolute atomic E-state index is 0.108. The molecule has 0 aliphatic carbocycles. The van der Waals surface area contributed by atoms with Crippen molar-refractivity contribution in [2.45, 2.75) is 0 Å². The number of nitro benzene ring substituents is 2. The molecule has 0 aromatic heterocycles. The number of rotatable bonds is 10. The fourth-order valence-corrected chi connectivity index (χ4v) is 3.85. The van der Waals surface area contributed by atoms with E-state index in [2.05, 4.69) is 0 Å². The van der Waals surface area contributed by atoms with Gasteiger partial charge in [0.25, 0.3) is 11.4 Å². The first kappa shape index (κ1) is 32.6. The van der Waals surface area contributed by atoms with Gasteiger partial charge in [0.2, 0.25) is 0 Å². The second-order valence-corrected chi connectivity index (χ2v) is 9.09. The van der Waals surface area contributed by atoms with Crippen LogP contribution in [0.25, 0.3) is 0 Å². The van der Waals surface area contributed by atoms with Crippen molar-refractivity contribution in [3.63, 3.8) is 0 Å². The zero-order chi connectivity index (χ0) is 34.4. The standard InChI is InChI=1S/C30H16N2O15/c33-25(34)23-13-19(45-27(37)15-1-5-17(6-2-15)31(41)42)9-11-21(23)29(39)47-30(40)22-12-10-20(14-24(22)26(35)36)46-28(38)16-3-7-18(8-4-16)32(43)44/h1-14H,(H,33,34)(H,35,36). The molecule has 17 nitrogen and oxygen atoms in total. The molecule has 0 saturated heterocycles. The van der Waals surface area contributed by atoms with Gasteiger partial charge >= 0.3 is 35.8 Å². The van der Waals surface area contributed by atoms with E-state index in [1.807, 2.05) is 0 Å². The number of non-ortho nitro benzene ring substituents is 2. The van der Waals surface area contributed by atoms with Crippen LogP contribution in [0.4, 0.5) is 11.4 Å². The van der Waals surface area contributed by atoms with E-state index in [4.69, 9.17) is 14.2 Å². The second kappa shape index (κ2) is 13.6. The summed E-state index contributed by atoms with van der Waals surface area (Å²) in [4.78, 5) is 94.3. The number of carboxylic acids is 2. The lowest BCUT2D eigenvalue weighted by molar-refractivity contribution is -0.385. The number of carbonyl (C=O) groups is 6. The van der Waals surface area contributed by atoms with Crippen LogP contribution in [0.15, 0.2) is 84.9 Å². The number of nitrogens with zero attached hydrogens (tertiary/aromatic N) is 2. The third kappa shape index (κ3) is 7.62. The maximum Gasteiger partial charge on any atom is 0.346 e. The highest BCUT2D eigenvalue weighted by molar-refractivity contribution is 6.11. The minimum atomic E-state index is -1.69. The van der Waals surface area contributed by atoms with Crippen molar-refractivity contribution >= 4 is 47.2 Å². The van der Waals surface area contributed by atoms with Crippen LogP contribution in [0.3, 0.4) is 0 Å². The third-order valence-corrected chi connectivity index (χ3v) is 6.12. The third-order valence-electron chi connectivity index (χ3n) is 6.12. The molecular formula is C30H16N2O15. The SMILES string of the molecule is O=C(Oc1ccc(C(=O)OC(=O)c2ccc(OC(=O)c3ccc([N+](=O)[O-])cc3)cc2C(=O)O)c(C(=O)O)c1)c1ccc([N+](=O)[O-])cc1. The molecule has 4 rings (SSSR count). The zero-order valence-electron chi connectivity index (χ0n) is 23.2. The van der Waals surface area contributed by atoms with E-state index < -0.39 is 67.9 Å². The topological polar surface area (TPSA) is 257 Å². The Hall–Kier alpha value is -7.30. The zero-order valence-corrected chi connectivity index (χ0v) is 23.2. The van der Waals surface area contributed by atoms with Gasteiger partial charge in [-0.2, -0.15) is 0 Å². The summed E-state index contributed by atoms with van der Waals surface area (Å²) in [5, 5.41) is 40.8. The van der Waals surface area contributed by atoms with Gasteiger partial charge in [-0.3, -0.25) is 20.2 Å². The molecule has 0 aliphatic rings. The summed E-state index contributed by atoms with van der Waals surface area (Å²) in [7, 11) is 0. The van der Waals surface area contributed by atoms with Gasteiger partial charge in [0, 0.05) is 24.3 Å². The van der Waals surface area contributed by atoms with Crippen LogP contribution >= 0.6 is 0 Å². The highest BCUT2D eigenvalue weighted by Crippen LogP contribution is 2.24. The van der Waals surface area contributed by atoms with E-state index in [9.17, 15) is 59.2 Å². The molecule has 0 amide bonds. The van der Waals surface area contributed by atoms with Crippen LogP contribution in [-0.2, 0) is 4.74 Å². The highest BCUT2D eigenvalue weighted by Gasteiger charge is 2.26. The Labute approximate surface area is 260 Å². The molecule has 2 N–H and O–H groups in total. The number of ether oxygens (including phenoxy) is 3. The van der Waals surface area contributed by atoms with Gasteiger partial charge in [0.15, 0.2) is 0 Å². The predicted octanol–water partition coefficient (Wildman–Crippen LogP) is 4.34. The maximum absolute atomic E-state index is 12.8. The second-order valence-electron chi connectivity index (χ2n) is 9.09. The molecule has 0 fully saturated rings. The van der Waals surface area contributed by atoms with Crippen LogP contribution in [0.1, 0.15) is 62.1 Å². The van der Waals surface area contributed by atoms with Crippen LogP contribution in [0, 0.1) is 20.2 Å². The van der Waals surface area contributed by atoms with Gasteiger partial charge in [-0.25, -0.2) is 28.8 Å². The van der Waals surface area contributed by atoms with E-state index >= 15 is 0 Å². The Bertz CT molecular complexity index is 1840. The molecular weight excluding hydrogens is 628 g/mol. The van der Waals surface area contributed by atoms with Gasteiger partial charge in [-0.15, -0.1) is 0 Å². The van der Waals surface area contributed by atoms with Crippen molar-refractivity contribution in [1.82, 2.24) is 0 Å². The minimum Gasteiger partial charge on any atom is -0.478 e. The van der Waals surface area contributed by atoms with Crippen LogP contribution < -0.4 is 9.47 Å². The summed E-state index contributed by atoms with van der Waals surface area (Å²) in [5.74, 6) is -9.11. The molecule has 0 saturated carbocycles. The summed E-state index contributed by atoms with van der Waals surface area (Å²) in [6.07, 6.45) is 0. The van der Waals surface area contributed by atoms with Crippen LogP contribution in [0.2, 0.25) is 0 Å². The molecule has 236 valence electrons. The smallest absolute Gasteiger partial charge is 0.346 e. The first-order valence-electron chi connectivity index (χ1n) is 12.7. The molecule has 4 aromatic rings. The quantitative estimate of drug-likeness (QED) is 0.0800. The Balaban J connectivity index is 1.50. The molecule has 0 radical (unpaired) electrons. The Morgan fingerprint density at radius 3 is 1.13 bits per heavy atom. The van der Waals surface area contributed by atoms with Crippen molar-refractivity contribution < 1.29 is 63.0 Å². The van der Waals surface area contributed by atoms with Gasteiger partial charge in [-0.1, -0.05) is 0 Å². The lowest BCUT2D eigenvalue weighted by atomic mass is 10.1. The van der Waals surface area contributed by atoms with Gasteiger partial charge < -0.3 is 24.4 Å². The lowest BCUT2D eigenvalue weighted by Crippen LogP contribution is -2.19. The van der Waals surface area contributed by atoms with Gasteiger partial charge in [0.1, 0.15) is 11.5 Å². The summed E-state index contributed by atoms with van der Waals surface area (Å²) >= 11 is 0. The first-order valence-corrected chi connectivity index (χ1v) is 12.7. The van der Waals surface area contributed by atoms with Crippen molar-refractivity contribution in [3.05, 3.63) is 139 Å². The maximum atomic E-state index is 12.8. The van der Waals surface area contributed by atoms with Gasteiger partial charge in [0.05, 0.1) is 43.2 Å². The van der Waals surface area contributed by atoms with Crippen molar-refractivity contribution in [1.29, 1.82) is 0 Å². The molecule has 4 aromatic carbocycles. The monoisotopic (exact) mass is 644 g/mol. The Kier molecular flexibility index (Phi) is 9.41. The number of aromatic carboxylic acids is 2. The molecule has 0 aliphatic heterocycles. The molecule has 0 unspecified atom stereocenters. The summed E-state index contributed by atoms with van der Waals surface area (Å²) < 4.78 is 14.9. The Morgan fingerprint density at radius 1 is 0.489 bits per heavy atom.